The Bertz CT molecular complexity index is 1120. The smallest absolute Gasteiger partial charge is 0.337 e. The van der Waals surface area contributed by atoms with Crippen LogP contribution in [0.5, 0.6) is 0 Å². The van der Waals surface area contributed by atoms with Crippen molar-refractivity contribution in [3.8, 4) is 12.1 Å². The van der Waals surface area contributed by atoms with Crippen molar-refractivity contribution in [1.82, 2.24) is 0 Å². The second kappa shape index (κ2) is 7.17. The fraction of sp³-hybridized carbons (Fsp3) is 0.250. The molecule has 4 rings (SSSR count). The second-order valence-corrected chi connectivity index (χ2v) is 7.51. The van der Waals surface area contributed by atoms with Gasteiger partial charge in [0.05, 0.1) is 36.9 Å². The summed E-state index contributed by atoms with van der Waals surface area (Å²) in [5.74, 6) is -1.28. The first-order valence-corrected chi connectivity index (χ1v) is 9.55. The molecule has 0 amide bonds. The van der Waals surface area contributed by atoms with E-state index in [-0.39, 0.29) is 5.78 Å². The van der Waals surface area contributed by atoms with Crippen molar-refractivity contribution >= 4 is 23.5 Å². The first-order valence-electron chi connectivity index (χ1n) is 9.55. The number of esters is 1. The van der Waals surface area contributed by atoms with Crippen molar-refractivity contribution in [2.24, 2.45) is 5.41 Å². The SMILES string of the molecule is COC(=O)c1ccc([C@H]2[C@H](C(C)=O)N3c4ccccc4C=C[C@H]3C2(C#N)C#N)cc1. The van der Waals surface area contributed by atoms with Gasteiger partial charge in [-0.2, -0.15) is 10.5 Å². The molecule has 2 aromatic rings. The third-order valence-electron chi connectivity index (χ3n) is 6.02. The van der Waals surface area contributed by atoms with Crippen LogP contribution in [0.4, 0.5) is 5.69 Å². The van der Waals surface area contributed by atoms with Crippen LogP contribution in [-0.4, -0.2) is 30.9 Å². The molecule has 2 aliphatic rings. The van der Waals surface area contributed by atoms with Crippen LogP contribution < -0.4 is 4.90 Å². The van der Waals surface area contributed by atoms with Crippen LogP contribution >= 0.6 is 0 Å². The highest BCUT2D eigenvalue weighted by molar-refractivity contribution is 5.92. The molecule has 2 aliphatic heterocycles. The molecule has 0 bridgehead atoms. The lowest BCUT2D eigenvalue weighted by molar-refractivity contribution is -0.118. The minimum absolute atomic E-state index is 0.125. The van der Waals surface area contributed by atoms with Crippen molar-refractivity contribution in [2.75, 3.05) is 12.0 Å². The topological polar surface area (TPSA) is 94.2 Å². The summed E-state index contributed by atoms with van der Waals surface area (Å²) in [6.45, 7) is 1.49. The molecule has 0 aromatic heterocycles. The lowest BCUT2D eigenvalue weighted by Gasteiger charge is -2.35. The van der Waals surface area contributed by atoms with Crippen LogP contribution in [0.1, 0.15) is 34.3 Å². The van der Waals surface area contributed by atoms with Crippen molar-refractivity contribution in [2.45, 2.75) is 24.9 Å². The maximum Gasteiger partial charge on any atom is 0.337 e. The fourth-order valence-electron chi connectivity index (χ4n) is 4.71. The number of fused-ring (bicyclic) bond motifs is 3. The van der Waals surface area contributed by atoms with Crippen LogP contribution in [0.25, 0.3) is 6.08 Å². The Labute approximate surface area is 174 Å². The monoisotopic (exact) mass is 397 g/mol. The predicted octanol–water partition coefficient (Wildman–Crippen LogP) is 3.46. The Morgan fingerprint density at radius 1 is 1.07 bits per heavy atom. The molecular formula is C24H19N3O3. The molecule has 148 valence electrons. The summed E-state index contributed by atoms with van der Waals surface area (Å²) in [6.07, 6.45) is 3.74. The van der Waals surface area contributed by atoms with Gasteiger partial charge in [0, 0.05) is 11.6 Å². The lowest BCUT2D eigenvalue weighted by atomic mass is 9.69. The molecule has 0 radical (unpaired) electrons. The number of methoxy groups -OCH3 is 1. The van der Waals surface area contributed by atoms with Gasteiger partial charge < -0.3 is 9.64 Å². The molecule has 0 N–H and O–H groups in total. The van der Waals surface area contributed by atoms with Gasteiger partial charge in [-0.3, -0.25) is 4.79 Å². The standard InChI is InChI=1S/C24H19N3O3/c1-15(28)22-21(17-7-9-18(10-8-17)23(29)30-2)24(13-25,14-26)20-12-11-16-5-3-4-6-19(16)27(20)22/h3-12,20-22H,1-2H3/t20-,21-,22-/m0/s1. The van der Waals surface area contributed by atoms with Crippen molar-refractivity contribution in [3.63, 3.8) is 0 Å². The van der Waals surface area contributed by atoms with E-state index in [0.717, 1.165) is 11.3 Å². The van der Waals surface area contributed by atoms with Crippen molar-refractivity contribution in [3.05, 3.63) is 71.3 Å². The summed E-state index contributed by atoms with van der Waals surface area (Å²) in [5, 5.41) is 20.4. The maximum absolute atomic E-state index is 12.9. The van der Waals surface area contributed by atoms with Crippen LogP contribution in [0.2, 0.25) is 0 Å². The number of benzene rings is 2. The van der Waals surface area contributed by atoms with Gasteiger partial charge in [-0.25, -0.2) is 4.79 Å². The van der Waals surface area contributed by atoms with Gasteiger partial charge in [0.15, 0.2) is 11.2 Å². The quantitative estimate of drug-likeness (QED) is 0.736. The number of ketones is 1. The van der Waals surface area contributed by atoms with Gasteiger partial charge in [0.1, 0.15) is 0 Å². The molecular weight excluding hydrogens is 378 g/mol. The third-order valence-corrected chi connectivity index (χ3v) is 6.02. The normalized spacial score (nSPS) is 22.9. The molecule has 30 heavy (non-hydrogen) atoms. The number of para-hydroxylation sites is 1. The van der Waals surface area contributed by atoms with E-state index in [2.05, 4.69) is 12.1 Å². The van der Waals surface area contributed by atoms with Gasteiger partial charge in [0.2, 0.25) is 0 Å². The van der Waals surface area contributed by atoms with Gasteiger partial charge in [-0.15, -0.1) is 0 Å². The Morgan fingerprint density at radius 3 is 2.33 bits per heavy atom. The highest BCUT2D eigenvalue weighted by atomic mass is 16.5. The minimum Gasteiger partial charge on any atom is -0.465 e. The lowest BCUT2D eigenvalue weighted by Crippen LogP contribution is -2.43. The second-order valence-electron chi connectivity index (χ2n) is 7.51. The van der Waals surface area contributed by atoms with E-state index >= 15 is 0 Å². The summed E-state index contributed by atoms with van der Waals surface area (Å²) in [7, 11) is 1.30. The molecule has 0 aliphatic carbocycles. The molecule has 0 spiro atoms. The minimum atomic E-state index is -1.47. The van der Waals surface area contributed by atoms with E-state index in [1.807, 2.05) is 41.3 Å². The highest BCUT2D eigenvalue weighted by Gasteiger charge is 2.62. The summed E-state index contributed by atoms with van der Waals surface area (Å²) in [5.41, 5.74) is 1.32. The Morgan fingerprint density at radius 2 is 1.73 bits per heavy atom. The van der Waals surface area contributed by atoms with Crippen LogP contribution in [0, 0.1) is 28.1 Å². The Kier molecular flexibility index (Phi) is 4.64. The number of anilines is 1. The van der Waals surface area contributed by atoms with Crippen LogP contribution in [0.15, 0.2) is 54.6 Å². The zero-order chi connectivity index (χ0) is 21.5. The molecule has 6 heteroatoms. The molecule has 2 aromatic carbocycles. The largest absolute Gasteiger partial charge is 0.465 e. The third kappa shape index (κ3) is 2.62. The van der Waals surface area contributed by atoms with Crippen molar-refractivity contribution in [1.29, 1.82) is 10.5 Å². The first-order chi connectivity index (χ1) is 14.5. The number of nitriles is 2. The number of carbonyl (C=O) groups is 2. The van der Waals surface area contributed by atoms with Crippen molar-refractivity contribution < 1.29 is 14.3 Å². The first kappa shape index (κ1) is 19.4. The predicted molar refractivity (Wildman–Crippen MR) is 110 cm³/mol. The highest BCUT2D eigenvalue weighted by Crippen LogP contribution is 2.55. The zero-order valence-electron chi connectivity index (χ0n) is 16.6. The van der Waals surface area contributed by atoms with E-state index in [9.17, 15) is 20.1 Å². The summed E-state index contributed by atoms with van der Waals surface area (Å²) in [6, 6.07) is 17.5. The van der Waals surface area contributed by atoms with E-state index in [0.29, 0.717) is 11.1 Å². The van der Waals surface area contributed by atoms with Gasteiger partial charge in [0.25, 0.3) is 0 Å². The molecule has 2 heterocycles. The maximum atomic E-state index is 12.9. The van der Waals surface area contributed by atoms with Gasteiger partial charge >= 0.3 is 5.97 Å². The number of nitrogens with zero attached hydrogens (tertiary/aromatic N) is 3. The van der Waals surface area contributed by atoms with E-state index in [1.54, 1.807) is 24.3 Å². The van der Waals surface area contributed by atoms with Gasteiger partial charge in [-0.1, -0.05) is 42.5 Å². The molecule has 1 fully saturated rings. The number of hydrogen-bond acceptors (Lipinski definition) is 6. The molecule has 1 saturated heterocycles. The number of ether oxygens (including phenoxy) is 1. The number of carbonyl (C=O) groups excluding carboxylic acids is 2. The van der Waals surface area contributed by atoms with E-state index in [1.165, 1.54) is 14.0 Å². The van der Waals surface area contributed by atoms with E-state index < -0.39 is 29.4 Å². The number of rotatable bonds is 3. The Balaban J connectivity index is 1.92. The molecule has 0 saturated carbocycles. The molecule has 6 nitrogen and oxygen atoms in total. The summed E-state index contributed by atoms with van der Waals surface area (Å²) < 4.78 is 4.75. The fourth-order valence-corrected chi connectivity index (χ4v) is 4.71. The molecule has 3 atom stereocenters. The Hall–Kier alpha value is -3.90. The summed E-state index contributed by atoms with van der Waals surface area (Å²) in [4.78, 5) is 26.6. The zero-order valence-corrected chi connectivity index (χ0v) is 16.6. The summed E-state index contributed by atoms with van der Waals surface area (Å²) >= 11 is 0. The average Bonchev–Trinajstić information content (AvgIpc) is 3.10. The average molecular weight is 397 g/mol. The van der Waals surface area contributed by atoms with Crippen LogP contribution in [0.3, 0.4) is 0 Å². The number of hydrogen-bond donors (Lipinski definition) is 0. The van der Waals surface area contributed by atoms with Crippen LogP contribution in [-0.2, 0) is 9.53 Å². The number of Topliss-reactive ketones (excluding diaryl/α,β-unsaturated/α-hetero) is 1. The van der Waals surface area contributed by atoms with E-state index in [4.69, 9.17) is 4.74 Å². The molecule has 0 unspecified atom stereocenters. The van der Waals surface area contributed by atoms with Gasteiger partial charge in [-0.05, 0) is 36.2 Å².